The van der Waals surface area contributed by atoms with Crippen molar-refractivity contribution in [3.05, 3.63) is 71.8 Å². The minimum absolute atomic E-state index is 0.00135. The molecule has 0 aliphatic carbocycles. The van der Waals surface area contributed by atoms with Crippen LogP contribution in [0.4, 0.5) is 0 Å². The quantitative estimate of drug-likeness (QED) is 0.422. The number of carbonyl (C=O) groups is 3. The lowest BCUT2D eigenvalue weighted by molar-refractivity contribution is -0.144. The Morgan fingerprint density at radius 2 is 1.59 bits per heavy atom. The fourth-order valence-corrected chi connectivity index (χ4v) is 9.42. The van der Waals surface area contributed by atoms with Crippen LogP contribution in [0.2, 0.25) is 0 Å². The third kappa shape index (κ3) is 4.76. The van der Waals surface area contributed by atoms with Crippen LogP contribution < -0.4 is 10.6 Å². The van der Waals surface area contributed by atoms with Gasteiger partial charge in [0.2, 0.25) is 17.7 Å². The highest BCUT2D eigenvalue weighted by Gasteiger charge is 2.76. The summed E-state index contributed by atoms with van der Waals surface area (Å²) in [6.45, 7) is 6.68. The van der Waals surface area contributed by atoms with Gasteiger partial charge in [0, 0.05) is 18.3 Å². The number of amides is 3. The first kappa shape index (κ1) is 27.7. The van der Waals surface area contributed by atoms with Crippen molar-refractivity contribution in [2.24, 2.45) is 23.7 Å². The Balaban J connectivity index is 1.47. The predicted molar refractivity (Wildman–Crippen MR) is 152 cm³/mol. The number of nitrogens with one attached hydrogen (secondary N) is 2. The van der Waals surface area contributed by atoms with E-state index in [1.807, 2.05) is 74.5 Å². The first-order chi connectivity index (χ1) is 18.8. The summed E-state index contributed by atoms with van der Waals surface area (Å²) in [5.74, 6) is -1.53. The van der Waals surface area contributed by atoms with Crippen LogP contribution >= 0.6 is 11.8 Å². The number of thioether (sulfide) groups is 1. The van der Waals surface area contributed by atoms with Crippen molar-refractivity contribution in [1.29, 1.82) is 0 Å². The van der Waals surface area contributed by atoms with E-state index in [4.69, 9.17) is 0 Å². The van der Waals surface area contributed by atoms with E-state index >= 15 is 0 Å². The highest BCUT2D eigenvalue weighted by atomic mass is 32.2. The van der Waals surface area contributed by atoms with Crippen molar-refractivity contribution in [1.82, 2.24) is 15.5 Å². The summed E-state index contributed by atoms with van der Waals surface area (Å²) in [7, 11) is 0. The third-order valence-corrected chi connectivity index (χ3v) is 11.3. The van der Waals surface area contributed by atoms with E-state index in [0.717, 1.165) is 24.0 Å². The van der Waals surface area contributed by atoms with Gasteiger partial charge in [0.15, 0.2) is 0 Å². The molecule has 2 aromatic rings. The van der Waals surface area contributed by atoms with Crippen molar-refractivity contribution in [2.75, 3.05) is 6.61 Å². The number of carbonyl (C=O) groups excluding carboxylic acids is 3. The molecule has 3 unspecified atom stereocenters. The molecular formula is C31H39N3O4S. The van der Waals surface area contributed by atoms with Crippen molar-refractivity contribution >= 4 is 29.5 Å². The van der Waals surface area contributed by atoms with E-state index in [-0.39, 0.29) is 41.4 Å². The van der Waals surface area contributed by atoms with Gasteiger partial charge in [0.1, 0.15) is 6.04 Å². The number of fused-ring (bicyclic) bond motifs is 1. The topological polar surface area (TPSA) is 98.7 Å². The van der Waals surface area contributed by atoms with Gasteiger partial charge in [0.05, 0.1) is 29.2 Å². The van der Waals surface area contributed by atoms with Crippen LogP contribution in [0.3, 0.4) is 0 Å². The maximum Gasteiger partial charge on any atom is 0.244 e. The number of benzene rings is 2. The molecule has 3 aliphatic rings. The second-order valence-corrected chi connectivity index (χ2v) is 12.9. The number of hydrogen-bond acceptors (Lipinski definition) is 5. The molecule has 0 saturated carbocycles. The zero-order valence-corrected chi connectivity index (χ0v) is 23.7. The van der Waals surface area contributed by atoms with E-state index in [1.54, 1.807) is 16.7 Å². The Kier molecular flexibility index (Phi) is 8.06. The summed E-state index contributed by atoms with van der Waals surface area (Å²) < 4.78 is -0.710. The minimum Gasteiger partial charge on any atom is -0.394 e. The average Bonchev–Trinajstić information content (AvgIpc) is 3.55. The molecule has 3 heterocycles. The lowest BCUT2D eigenvalue weighted by Crippen LogP contribution is -2.59. The molecule has 2 bridgehead atoms. The molecule has 3 N–H and O–H groups in total. The number of rotatable bonds is 10. The number of hydrogen-bond donors (Lipinski definition) is 3. The fraction of sp³-hybridized carbons (Fsp3) is 0.516. The Labute approximate surface area is 235 Å². The Morgan fingerprint density at radius 1 is 1.03 bits per heavy atom. The first-order valence-electron chi connectivity index (χ1n) is 14.1. The third-order valence-electron chi connectivity index (χ3n) is 9.20. The van der Waals surface area contributed by atoms with Gasteiger partial charge in [-0.05, 0) is 29.4 Å². The molecule has 1 spiro atoms. The van der Waals surface area contributed by atoms with Crippen LogP contribution in [0.15, 0.2) is 60.7 Å². The molecule has 2 aromatic carbocycles. The van der Waals surface area contributed by atoms with Gasteiger partial charge in [0.25, 0.3) is 0 Å². The van der Waals surface area contributed by atoms with Crippen molar-refractivity contribution in [2.45, 2.75) is 68.8 Å². The second-order valence-electron chi connectivity index (χ2n) is 11.3. The molecule has 208 valence electrons. The van der Waals surface area contributed by atoms with E-state index in [2.05, 4.69) is 17.6 Å². The van der Waals surface area contributed by atoms with Gasteiger partial charge in [-0.1, -0.05) is 87.9 Å². The van der Waals surface area contributed by atoms with Gasteiger partial charge >= 0.3 is 0 Å². The maximum atomic E-state index is 14.4. The molecule has 3 aliphatic heterocycles. The number of aliphatic hydroxyl groups is 1. The Bertz CT molecular complexity index is 1190. The normalized spacial score (nSPS) is 30.6. The lowest BCUT2D eigenvalue weighted by Gasteiger charge is -2.41. The molecule has 5 rings (SSSR count). The highest BCUT2D eigenvalue weighted by Crippen LogP contribution is 2.68. The molecule has 3 saturated heterocycles. The summed E-state index contributed by atoms with van der Waals surface area (Å²) in [4.78, 5) is 43.8. The highest BCUT2D eigenvalue weighted by molar-refractivity contribution is 8.02. The van der Waals surface area contributed by atoms with Crippen LogP contribution in [0.25, 0.3) is 0 Å². The fourth-order valence-electron chi connectivity index (χ4n) is 7.02. The Morgan fingerprint density at radius 3 is 2.13 bits per heavy atom. The van der Waals surface area contributed by atoms with Crippen LogP contribution in [-0.4, -0.2) is 56.4 Å². The summed E-state index contributed by atoms with van der Waals surface area (Å²) in [6, 6.07) is 18.2. The van der Waals surface area contributed by atoms with Crippen LogP contribution in [-0.2, 0) is 27.5 Å². The Hall–Kier alpha value is -2.84. The van der Waals surface area contributed by atoms with E-state index in [0.29, 0.717) is 13.1 Å². The molecule has 3 fully saturated rings. The molecule has 3 amide bonds. The largest absolute Gasteiger partial charge is 0.394 e. The van der Waals surface area contributed by atoms with E-state index in [1.165, 1.54) is 0 Å². The molecule has 8 heteroatoms. The monoisotopic (exact) mass is 549 g/mol. The molecule has 39 heavy (non-hydrogen) atoms. The van der Waals surface area contributed by atoms with Crippen LogP contribution in [0.1, 0.15) is 44.7 Å². The number of likely N-dealkylation sites (tertiary alicyclic amines) is 1. The van der Waals surface area contributed by atoms with Crippen LogP contribution in [0, 0.1) is 23.7 Å². The summed E-state index contributed by atoms with van der Waals surface area (Å²) in [5.41, 5.74) is 1.98. The zero-order valence-electron chi connectivity index (χ0n) is 22.9. The average molecular weight is 550 g/mol. The maximum absolute atomic E-state index is 14.4. The van der Waals surface area contributed by atoms with Gasteiger partial charge in [-0.25, -0.2) is 0 Å². The summed E-state index contributed by atoms with van der Waals surface area (Å²) in [6.07, 6.45) is 1.54. The van der Waals surface area contributed by atoms with Crippen molar-refractivity contribution in [3.8, 4) is 0 Å². The molecule has 7 nitrogen and oxygen atoms in total. The molecule has 0 aromatic heterocycles. The van der Waals surface area contributed by atoms with E-state index < -0.39 is 28.7 Å². The molecule has 8 atom stereocenters. The number of nitrogens with zero attached hydrogens (tertiary/aromatic N) is 1. The summed E-state index contributed by atoms with van der Waals surface area (Å²) >= 11 is 1.66. The first-order valence-corrected chi connectivity index (χ1v) is 15.0. The van der Waals surface area contributed by atoms with Crippen molar-refractivity contribution < 1.29 is 19.5 Å². The molecule has 0 radical (unpaired) electrons. The lowest BCUT2D eigenvalue weighted by atomic mass is 9.66. The van der Waals surface area contributed by atoms with Gasteiger partial charge < -0.3 is 20.6 Å². The van der Waals surface area contributed by atoms with Gasteiger partial charge in [-0.3, -0.25) is 14.4 Å². The SMILES string of the molecule is CC[C@H](C)[C@H](CO)N1C(=O)[C@@H]2[C@H](C(=O)NCc3ccccc3)[C@@H]3CC(C)C2(S3)C1C(=O)NCc1ccccc1. The summed E-state index contributed by atoms with van der Waals surface area (Å²) in [5, 5.41) is 16.6. The minimum atomic E-state index is -0.748. The predicted octanol–water partition coefficient (Wildman–Crippen LogP) is 3.36. The van der Waals surface area contributed by atoms with Crippen LogP contribution in [0.5, 0.6) is 0 Å². The second kappa shape index (κ2) is 11.3. The standard InChI is InChI=1S/C31H39N3O4S/c1-4-19(2)23(18-35)34-27(29(37)33-17-22-13-9-6-10-14-22)31-20(3)15-24(39-31)25(26(31)30(34)38)28(36)32-16-21-11-7-5-8-12-21/h5-14,19-20,23-27,35H,4,15-18H2,1-3H3,(H,32,36)(H,33,37)/t19-,20?,23-,24-,25+,26-,27?,31?/m0/s1. The zero-order chi connectivity index (χ0) is 27.7. The molecular weight excluding hydrogens is 510 g/mol. The smallest absolute Gasteiger partial charge is 0.244 e. The van der Waals surface area contributed by atoms with Gasteiger partial charge in [-0.2, -0.15) is 0 Å². The van der Waals surface area contributed by atoms with Crippen molar-refractivity contribution in [3.63, 3.8) is 0 Å². The number of aliphatic hydroxyl groups excluding tert-OH is 1. The van der Waals surface area contributed by atoms with E-state index in [9.17, 15) is 19.5 Å². The van der Waals surface area contributed by atoms with Gasteiger partial charge in [-0.15, -0.1) is 11.8 Å².